The summed E-state index contributed by atoms with van der Waals surface area (Å²) in [5, 5.41) is 13.8. The van der Waals surface area contributed by atoms with Crippen LogP contribution in [-0.2, 0) is 10.0 Å². The van der Waals surface area contributed by atoms with Crippen LogP contribution in [0.5, 0.6) is 0 Å². The van der Waals surface area contributed by atoms with E-state index in [-0.39, 0.29) is 10.9 Å². The number of nitrogens with one attached hydrogen (secondary N) is 2. The van der Waals surface area contributed by atoms with Gasteiger partial charge in [-0.25, -0.2) is 13.1 Å². The van der Waals surface area contributed by atoms with Gasteiger partial charge >= 0.3 is 0 Å². The third-order valence-electron chi connectivity index (χ3n) is 3.41. The first-order valence-electron chi connectivity index (χ1n) is 6.42. The molecule has 110 valence electrons. The first kappa shape index (κ1) is 14.7. The van der Waals surface area contributed by atoms with Gasteiger partial charge in [-0.05, 0) is 25.0 Å². The first-order chi connectivity index (χ1) is 9.44. The molecule has 0 amide bonds. The molecule has 1 fully saturated rings. The van der Waals surface area contributed by atoms with Gasteiger partial charge in [0.25, 0.3) is 5.69 Å². The molecule has 0 radical (unpaired) electrons. The van der Waals surface area contributed by atoms with Crippen molar-refractivity contribution in [2.75, 3.05) is 12.4 Å². The number of benzene rings is 1. The van der Waals surface area contributed by atoms with Gasteiger partial charge in [0.2, 0.25) is 10.0 Å². The van der Waals surface area contributed by atoms with E-state index in [0.29, 0.717) is 5.69 Å². The van der Waals surface area contributed by atoms with Crippen LogP contribution in [0.15, 0.2) is 23.1 Å². The van der Waals surface area contributed by atoms with Crippen molar-refractivity contribution in [1.29, 1.82) is 0 Å². The Balaban J connectivity index is 2.37. The minimum absolute atomic E-state index is 0.122. The number of nitro groups is 1. The lowest BCUT2D eigenvalue weighted by Gasteiger charge is -2.13. The SMILES string of the molecule is CNc1ccc(S(=O)(=O)NC2CCCC2)c([N+](=O)[O-])c1. The minimum Gasteiger partial charge on any atom is -0.388 e. The van der Waals surface area contributed by atoms with Crippen LogP contribution in [0.2, 0.25) is 0 Å². The van der Waals surface area contributed by atoms with E-state index in [1.807, 2.05) is 0 Å². The number of nitro benzene ring substituents is 1. The number of nitrogens with zero attached hydrogens (tertiary/aromatic N) is 1. The van der Waals surface area contributed by atoms with Crippen LogP contribution in [0.3, 0.4) is 0 Å². The summed E-state index contributed by atoms with van der Waals surface area (Å²) in [5.41, 5.74) is 0.0823. The van der Waals surface area contributed by atoms with Crippen LogP contribution in [0.1, 0.15) is 25.7 Å². The number of rotatable bonds is 5. The standard InChI is InChI=1S/C12H17N3O4S/c1-13-10-6-7-12(11(8-10)15(16)17)20(18,19)14-9-4-2-3-5-9/h6-9,13-14H,2-5H2,1H3. The summed E-state index contributed by atoms with van der Waals surface area (Å²) in [5.74, 6) is 0. The lowest BCUT2D eigenvalue weighted by atomic mass is 10.3. The van der Waals surface area contributed by atoms with Crippen molar-refractivity contribution in [2.24, 2.45) is 0 Å². The minimum atomic E-state index is -3.86. The summed E-state index contributed by atoms with van der Waals surface area (Å²) in [7, 11) is -2.25. The van der Waals surface area contributed by atoms with Gasteiger partial charge in [-0.15, -0.1) is 0 Å². The highest BCUT2D eigenvalue weighted by Gasteiger charge is 2.29. The van der Waals surface area contributed by atoms with Crippen molar-refractivity contribution in [2.45, 2.75) is 36.6 Å². The van der Waals surface area contributed by atoms with Crippen LogP contribution < -0.4 is 10.0 Å². The molecule has 2 rings (SSSR count). The molecule has 0 aliphatic heterocycles. The molecule has 0 saturated heterocycles. The van der Waals surface area contributed by atoms with Crippen molar-refractivity contribution < 1.29 is 13.3 Å². The van der Waals surface area contributed by atoms with E-state index in [1.54, 1.807) is 7.05 Å². The second-order valence-corrected chi connectivity index (χ2v) is 6.47. The fraction of sp³-hybridized carbons (Fsp3) is 0.500. The zero-order valence-corrected chi connectivity index (χ0v) is 11.9. The first-order valence-corrected chi connectivity index (χ1v) is 7.91. The molecule has 0 spiro atoms. The molecule has 1 aliphatic rings. The van der Waals surface area contributed by atoms with Gasteiger partial charge in [-0.3, -0.25) is 10.1 Å². The zero-order valence-electron chi connectivity index (χ0n) is 11.1. The van der Waals surface area contributed by atoms with E-state index >= 15 is 0 Å². The van der Waals surface area contributed by atoms with Crippen molar-refractivity contribution in [3.05, 3.63) is 28.3 Å². The van der Waals surface area contributed by atoms with Crippen molar-refractivity contribution in [3.8, 4) is 0 Å². The van der Waals surface area contributed by atoms with Gasteiger partial charge in [0, 0.05) is 24.8 Å². The Kier molecular flexibility index (Phi) is 4.24. The molecule has 0 aromatic heterocycles. The quantitative estimate of drug-likeness (QED) is 0.638. The van der Waals surface area contributed by atoms with E-state index < -0.39 is 20.6 Å². The number of sulfonamides is 1. The third-order valence-corrected chi connectivity index (χ3v) is 4.98. The topological polar surface area (TPSA) is 101 Å². The monoisotopic (exact) mass is 299 g/mol. The average Bonchev–Trinajstić information content (AvgIpc) is 2.90. The summed E-state index contributed by atoms with van der Waals surface area (Å²) in [6.45, 7) is 0. The summed E-state index contributed by atoms with van der Waals surface area (Å²) in [6.07, 6.45) is 3.52. The van der Waals surface area contributed by atoms with E-state index in [9.17, 15) is 18.5 Å². The van der Waals surface area contributed by atoms with E-state index in [4.69, 9.17) is 0 Å². The molecule has 0 unspecified atom stereocenters. The van der Waals surface area contributed by atoms with Crippen LogP contribution in [0.4, 0.5) is 11.4 Å². The normalized spacial score (nSPS) is 16.2. The molecule has 0 heterocycles. The maximum absolute atomic E-state index is 12.3. The Bertz CT molecular complexity index is 609. The van der Waals surface area contributed by atoms with Crippen molar-refractivity contribution in [1.82, 2.24) is 4.72 Å². The fourth-order valence-corrected chi connectivity index (χ4v) is 3.83. The molecule has 1 aromatic rings. The van der Waals surface area contributed by atoms with E-state index in [2.05, 4.69) is 10.0 Å². The number of hydrogen-bond donors (Lipinski definition) is 2. The second kappa shape index (κ2) is 5.76. The average molecular weight is 299 g/mol. The second-order valence-electron chi connectivity index (χ2n) is 4.79. The van der Waals surface area contributed by atoms with E-state index in [1.165, 1.54) is 18.2 Å². The molecule has 7 nitrogen and oxygen atoms in total. The fourth-order valence-electron chi connectivity index (χ4n) is 2.37. The predicted octanol–water partition coefficient (Wildman–Crippen LogP) is 1.86. The maximum Gasteiger partial charge on any atom is 0.291 e. The molecule has 8 heteroatoms. The molecule has 1 aliphatic carbocycles. The van der Waals surface area contributed by atoms with Crippen LogP contribution >= 0.6 is 0 Å². The highest BCUT2D eigenvalue weighted by atomic mass is 32.2. The Hall–Kier alpha value is -1.67. The molecule has 1 saturated carbocycles. The Morgan fingerprint density at radius 2 is 1.95 bits per heavy atom. The van der Waals surface area contributed by atoms with Gasteiger partial charge < -0.3 is 5.32 Å². The maximum atomic E-state index is 12.3. The summed E-state index contributed by atoms with van der Waals surface area (Å²) in [6, 6.07) is 3.88. The van der Waals surface area contributed by atoms with Crippen molar-refractivity contribution >= 4 is 21.4 Å². The van der Waals surface area contributed by atoms with E-state index in [0.717, 1.165) is 25.7 Å². The molecule has 1 aromatic carbocycles. The Morgan fingerprint density at radius 1 is 1.30 bits per heavy atom. The van der Waals surface area contributed by atoms with Gasteiger partial charge in [0.1, 0.15) is 0 Å². The third kappa shape index (κ3) is 3.07. The smallest absolute Gasteiger partial charge is 0.291 e. The molecule has 0 bridgehead atoms. The molecule has 20 heavy (non-hydrogen) atoms. The van der Waals surface area contributed by atoms with Gasteiger partial charge in [-0.2, -0.15) is 0 Å². The molecule has 2 N–H and O–H groups in total. The van der Waals surface area contributed by atoms with Crippen LogP contribution in [0, 0.1) is 10.1 Å². The van der Waals surface area contributed by atoms with Crippen molar-refractivity contribution in [3.63, 3.8) is 0 Å². The Labute approximate surface area is 117 Å². The predicted molar refractivity (Wildman–Crippen MR) is 75.2 cm³/mol. The lowest BCUT2D eigenvalue weighted by Crippen LogP contribution is -2.33. The largest absolute Gasteiger partial charge is 0.388 e. The molecular formula is C12H17N3O4S. The number of hydrogen-bond acceptors (Lipinski definition) is 5. The van der Waals surface area contributed by atoms with Gasteiger partial charge in [0.15, 0.2) is 4.90 Å². The lowest BCUT2D eigenvalue weighted by molar-refractivity contribution is -0.387. The number of anilines is 1. The van der Waals surface area contributed by atoms with Crippen LogP contribution in [0.25, 0.3) is 0 Å². The van der Waals surface area contributed by atoms with Gasteiger partial charge in [-0.1, -0.05) is 12.8 Å². The zero-order chi connectivity index (χ0) is 14.8. The summed E-state index contributed by atoms with van der Waals surface area (Å²) >= 11 is 0. The van der Waals surface area contributed by atoms with Crippen LogP contribution in [-0.4, -0.2) is 26.4 Å². The van der Waals surface area contributed by atoms with Gasteiger partial charge in [0.05, 0.1) is 4.92 Å². The molecule has 0 atom stereocenters. The summed E-state index contributed by atoms with van der Waals surface area (Å²) in [4.78, 5) is 10.1. The highest BCUT2D eigenvalue weighted by Crippen LogP contribution is 2.28. The summed E-state index contributed by atoms with van der Waals surface area (Å²) < 4.78 is 27.1. The highest BCUT2D eigenvalue weighted by molar-refractivity contribution is 7.89. The Morgan fingerprint density at radius 3 is 2.50 bits per heavy atom. The molecular weight excluding hydrogens is 282 g/mol.